The molecule has 0 aromatic carbocycles. The van der Waals surface area contributed by atoms with Gasteiger partial charge >= 0.3 is 0 Å². The van der Waals surface area contributed by atoms with E-state index < -0.39 is 0 Å². The van der Waals surface area contributed by atoms with Crippen molar-refractivity contribution in [3.05, 3.63) is 0 Å². The van der Waals surface area contributed by atoms with E-state index in [1.807, 2.05) is 6.92 Å². The molecule has 0 saturated heterocycles. The van der Waals surface area contributed by atoms with Gasteiger partial charge in [-0.2, -0.15) is 0 Å². The highest BCUT2D eigenvalue weighted by atomic mass is 16.5. The minimum Gasteiger partial charge on any atom is -0.396 e. The Morgan fingerprint density at radius 2 is 2.27 bits per heavy atom. The molecule has 1 aliphatic carbocycles. The molecule has 0 aliphatic heterocycles. The summed E-state index contributed by atoms with van der Waals surface area (Å²) in [5.74, 6) is 0.605. The molecule has 88 valence electrons. The molecule has 0 bridgehead atoms. The van der Waals surface area contributed by atoms with E-state index in [0.717, 1.165) is 0 Å². The number of methoxy groups -OCH3 is 1. The second-order valence-corrected chi connectivity index (χ2v) is 4.27. The van der Waals surface area contributed by atoms with Crippen LogP contribution < -0.4 is 5.32 Å². The van der Waals surface area contributed by atoms with Crippen LogP contribution in [0.5, 0.6) is 0 Å². The van der Waals surface area contributed by atoms with Gasteiger partial charge in [0, 0.05) is 19.8 Å². The monoisotopic (exact) mass is 215 g/mol. The number of ether oxygens (including phenoxy) is 1. The highest BCUT2D eigenvalue weighted by molar-refractivity contribution is 5.76. The quantitative estimate of drug-likeness (QED) is 0.657. The Balaban J connectivity index is 2.27. The summed E-state index contributed by atoms with van der Waals surface area (Å²) in [5.41, 5.74) is 0. The summed E-state index contributed by atoms with van der Waals surface area (Å²) in [7, 11) is 1.60. The fraction of sp³-hybridized carbons (Fsp3) is 0.909. The average Bonchev–Trinajstić information content (AvgIpc) is 3.00. The Labute approximate surface area is 91.0 Å². The van der Waals surface area contributed by atoms with Crippen LogP contribution in [0, 0.1) is 5.92 Å². The second-order valence-electron chi connectivity index (χ2n) is 4.27. The lowest BCUT2D eigenvalue weighted by Crippen LogP contribution is -2.38. The molecule has 4 nitrogen and oxygen atoms in total. The summed E-state index contributed by atoms with van der Waals surface area (Å²) in [6.45, 7) is 2.01. The van der Waals surface area contributed by atoms with Crippen LogP contribution >= 0.6 is 0 Å². The Morgan fingerprint density at radius 3 is 2.73 bits per heavy atom. The molecular formula is C11H21NO3. The third-order valence-electron chi connectivity index (χ3n) is 2.85. The maximum atomic E-state index is 11.6. The Morgan fingerprint density at radius 1 is 1.60 bits per heavy atom. The van der Waals surface area contributed by atoms with E-state index in [-0.39, 0.29) is 24.7 Å². The van der Waals surface area contributed by atoms with Gasteiger partial charge in [-0.15, -0.1) is 0 Å². The summed E-state index contributed by atoms with van der Waals surface area (Å²) in [6.07, 6.45) is 3.36. The van der Waals surface area contributed by atoms with Gasteiger partial charge in [0.15, 0.2) is 0 Å². The van der Waals surface area contributed by atoms with Crippen molar-refractivity contribution >= 4 is 5.91 Å². The molecule has 1 amide bonds. The summed E-state index contributed by atoms with van der Waals surface area (Å²) >= 11 is 0. The van der Waals surface area contributed by atoms with E-state index in [0.29, 0.717) is 18.8 Å². The van der Waals surface area contributed by atoms with Gasteiger partial charge in [-0.1, -0.05) is 0 Å². The number of amides is 1. The molecule has 2 N–H and O–H groups in total. The van der Waals surface area contributed by atoms with E-state index >= 15 is 0 Å². The lowest BCUT2D eigenvalue weighted by molar-refractivity contribution is -0.124. The molecule has 1 saturated carbocycles. The molecule has 15 heavy (non-hydrogen) atoms. The number of carbonyl (C=O) groups excluding carboxylic acids is 1. The van der Waals surface area contributed by atoms with Gasteiger partial charge < -0.3 is 15.2 Å². The maximum absolute atomic E-state index is 11.6. The third kappa shape index (κ3) is 4.62. The van der Waals surface area contributed by atoms with Crippen molar-refractivity contribution in [2.45, 2.75) is 44.8 Å². The van der Waals surface area contributed by atoms with E-state index in [1.54, 1.807) is 7.11 Å². The normalized spacial score (nSPS) is 19.7. The first-order chi connectivity index (χ1) is 7.17. The molecular weight excluding hydrogens is 194 g/mol. The van der Waals surface area contributed by atoms with Crippen LogP contribution in [0.2, 0.25) is 0 Å². The largest absolute Gasteiger partial charge is 0.396 e. The Kier molecular flexibility index (Phi) is 5.05. The lowest BCUT2D eigenvalue weighted by atomic mass is 10.1. The van der Waals surface area contributed by atoms with Crippen molar-refractivity contribution in [1.82, 2.24) is 5.32 Å². The van der Waals surface area contributed by atoms with Gasteiger partial charge in [0.05, 0.1) is 12.5 Å². The summed E-state index contributed by atoms with van der Waals surface area (Å²) in [5, 5.41) is 11.8. The number of nitrogens with one attached hydrogen (secondary N) is 1. The van der Waals surface area contributed by atoms with Crippen LogP contribution in [-0.4, -0.2) is 36.9 Å². The first-order valence-electron chi connectivity index (χ1n) is 5.60. The molecule has 1 fully saturated rings. The number of rotatable bonds is 7. The summed E-state index contributed by atoms with van der Waals surface area (Å²) in [6, 6.07) is 0.159. The maximum Gasteiger partial charge on any atom is 0.222 e. The van der Waals surface area contributed by atoms with Crippen molar-refractivity contribution in [2.75, 3.05) is 13.7 Å². The van der Waals surface area contributed by atoms with Gasteiger partial charge in [0.2, 0.25) is 5.91 Å². The van der Waals surface area contributed by atoms with E-state index in [1.165, 1.54) is 12.8 Å². The van der Waals surface area contributed by atoms with Crippen molar-refractivity contribution in [1.29, 1.82) is 0 Å². The van der Waals surface area contributed by atoms with Crippen molar-refractivity contribution in [3.8, 4) is 0 Å². The molecule has 0 heterocycles. The number of aliphatic hydroxyl groups excluding tert-OH is 1. The van der Waals surface area contributed by atoms with E-state index in [4.69, 9.17) is 9.84 Å². The van der Waals surface area contributed by atoms with E-state index in [9.17, 15) is 4.79 Å². The van der Waals surface area contributed by atoms with Crippen LogP contribution in [-0.2, 0) is 9.53 Å². The zero-order valence-corrected chi connectivity index (χ0v) is 9.53. The summed E-state index contributed by atoms with van der Waals surface area (Å²) in [4.78, 5) is 11.6. The molecule has 0 aromatic heterocycles. The van der Waals surface area contributed by atoms with Gasteiger partial charge in [0.1, 0.15) is 0 Å². The fourth-order valence-corrected chi connectivity index (χ4v) is 1.67. The standard InChI is InChI=1S/C11H21NO3/c1-8(15-2)7-11(14)12-10(5-6-13)9-3-4-9/h8-10,13H,3-7H2,1-2H3,(H,12,14). The molecule has 1 aliphatic rings. The number of carbonyl (C=O) groups is 1. The topological polar surface area (TPSA) is 58.6 Å². The first kappa shape index (κ1) is 12.5. The van der Waals surface area contributed by atoms with Crippen LogP contribution in [0.3, 0.4) is 0 Å². The number of hydrogen-bond donors (Lipinski definition) is 2. The zero-order chi connectivity index (χ0) is 11.3. The number of aliphatic hydroxyl groups is 1. The van der Waals surface area contributed by atoms with Crippen molar-refractivity contribution < 1.29 is 14.6 Å². The minimum absolute atomic E-state index is 0.0229. The highest BCUT2D eigenvalue weighted by Crippen LogP contribution is 2.33. The summed E-state index contributed by atoms with van der Waals surface area (Å²) < 4.78 is 5.03. The van der Waals surface area contributed by atoms with Gasteiger partial charge in [-0.05, 0) is 32.1 Å². The Hall–Kier alpha value is -0.610. The van der Waals surface area contributed by atoms with Crippen molar-refractivity contribution in [3.63, 3.8) is 0 Å². The molecule has 2 unspecified atom stereocenters. The average molecular weight is 215 g/mol. The molecule has 0 radical (unpaired) electrons. The molecule has 0 spiro atoms. The van der Waals surface area contributed by atoms with Crippen LogP contribution in [0.25, 0.3) is 0 Å². The molecule has 1 rings (SSSR count). The Bertz CT molecular complexity index is 204. The van der Waals surface area contributed by atoms with Gasteiger partial charge in [-0.25, -0.2) is 0 Å². The SMILES string of the molecule is COC(C)CC(=O)NC(CCO)C1CC1. The fourth-order valence-electron chi connectivity index (χ4n) is 1.67. The van der Waals surface area contributed by atoms with Gasteiger partial charge in [-0.3, -0.25) is 4.79 Å². The third-order valence-corrected chi connectivity index (χ3v) is 2.85. The smallest absolute Gasteiger partial charge is 0.222 e. The predicted molar refractivity (Wildman–Crippen MR) is 57.4 cm³/mol. The first-order valence-corrected chi connectivity index (χ1v) is 5.60. The zero-order valence-electron chi connectivity index (χ0n) is 9.53. The second kappa shape index (κ2) is 6.08. The number of hydrogen-bond acceptors (Lipinski definition) is 3. The van der Waals surface area contributed by atoms with E-state index in [2.05, 4.69) is 5.32 Å². The van der Waals surface area contributed by atoms with Gasteiger partial charge in [0.25, 0.3) is 0 Å². The van der Waals surface area contributed by atoms with Crippen LogP contribution in [0.15, 0.2) is 0 Å². The van der Waals surface area contributed by atoms with Crippen LogP contribution in [0.4, 0.5) is 0 Å². The predicted octanol–water partition coefficient (Wildman–Crippen LogP) is 0.689. The molecule has 4 heteroatoms. The molecule has 2 atom stereocenters. The van der Waals surface area contributed by atoms with Crippen molar-refractivity contribution in [2.24, 2.45) is 5.92 Å². The lowest BCUT2D eigenvalue weighted by Gasteiger charge is -2.18. The molecule has 0 aromatic rings. The highest BCUT2D eigenvalue weighted by Gasteiger charge is 2.31. The van der Waals surface area contributed by atoms with Crippen LogP contribution in [0.1, 0.15) is 32.6 Å². The minimum atomic E-state index is -0.0426.